The Balaban J connectivity index is 2.00. The lowest BCUT2D eigenvalue weighted by Gasteiger charge is -2.16. The van der Waals surface area contributed by atoms with Crippen LogP contribution in [0.5, 0.6) is 0 Å². The smallest absolute Gasteiger partial charge is 0.340 e. The van der Waals surface area contributed by atoms with E-state index in [0.29, 0.717) is 54.5 Å². The van der Waals surface area contributed by atoms with Crippen molar-refractivity contribution in [1.29, 1.82) is 0 Å². The maximum atomic E-state index is 13.4. The molecule has 0 aromatic carbocycles. The summed E-state index contributed by atoms with van der Waals surface area (Å²) in [6.45, 7) is 16.9. The number of halogens is 1. The zero-order valence-electron chi connectivity index (χ0n) is 26.4. The topological polar surface area (TPSA) is 110 Å². The van der Waals surface area contributed by atoms with Crippen LogP contribution >= 0.6 is 15.9 Å². The molecule has 5 rings (SSSR count). The van der Waals surface area contributed by atoms with Crippen LogP contribution in [0.15, 0.2) is 22.7 Å². The van der Waals surface area contributed by atoms with Crippen LogP contribution in [0.25, 0.3) is 22.1 Å². The third kappa shape index (κ3) is 5.52. The van der Waals surface area contributed by atoms with Gasteiger partial charge in [-0.25, -0.2) is 9.59 Å². The first-order valence-electron chi connectivity index (χ1n) is 15.2. The minimum absolute atomic E-state index is 0.274. The van der Waals surface area contributed by atoms with Crippen LogP contribution < -0.4 is 0 Å². The van der Waals surface area contributed by atoms with Gasteiger partial charge in [0.15, 0.2) is 0 Å². The number of aryl methyl sites for hydroxylation is 2. The van der Waals surface area contributed by atoms with Crippen molar-refractivity contribution in [1.82, 2.24) is 19.9 Å². The highest BCUT2D eigenvalue weighted by molar-refractivity contribution is 9.10. The SMILES string of the molecule is CCOC(=O)c1c(CC)c2cc3nc(c(Br)c4[nH]c(cc5nc(cc1[nH]2)CC5(C)C)c(CC)c4C(=O)OCC)CC3(C)C. The molecule has 228 valence electrons. The van der Waals surface area contributed by atoms with Crippen molar-refractivity contribution in [2.24, 2.45) is 0 Å². The first-order chi connectivity index (χ1) is 20.3. The number of carbonyl (C=O) groups is 2. The molecule has 5 heterocycles. The Kier molecular flexibility index (Phi) is 8.33. The fourth-order valence-electron chi connectivity index (χ4n) is 6.24. The predicted molar refractivity (Wildman–Crippen MR) is 173 cm³/mol. The van der Waals surface area contributed by atoms with Gasteiger partial charge in [-0.1, -0.05) is 41.5 Å². The summed E-state index contributed by atoms with van der Waals surface area (Å²) < 4.78 is 11.8. The van der Waals surface area contributed by atoms with Crippen LogP contribution in [-0.4, -0.2) is 45.1 Å². The summed E-state index contributed by atoms with van der Waals surface area (Å²) in [5.74, 6) is -0.707. The normalized spacial score (nSPS) is 15.4. The molecule has 8 bridgehead atoms. The van der Waals surface area contributed by atoms with E-state index in [9.17, 15) is 9.59 Å². The lowest BCUT2D eigenvalue weighted by atomic mass is 9.86. The fourth-order valence-corrected chi connectivity index (χ4v) is 6.77. The average Bonchev–Trinajstić information content (AvgIpc) is 3.64. The Morgan fingerprint density at radius 2 is 1.30 bits per heavy atom. The molecule has 43 heavy (non-hydrogen) atoms. The van der Waals surface area contributed by atoms with Gasteiger partial charge in [0.05, 0.1) is 45.5 Å². The van der Waals surface area contributed by atoms with E-state index in [1.54, 1.807) is 0 Å². The average molecular weight is 650 g/mol. The largest absolute Gasteiger partial charge is 0.462 e. The fraction of sp³-hybridized carbons (Fsp3) is 0.471. The van der Waals surface area contributed by atoms with Crippen LogP contribution in [0, 0.1) is 0 Å². The summed E-state index contributed by atoms with van der Waals surface area (Å²) in [4.78, 5) is 44.0. The second-order valence-corrected chi connectivity index (χ2v) is 13.3. The number of nitrogens with one attached hydrogen (secondary N) is 2. The van der Waals surface area contributed by atoms with E-state index in [-0.39, 0.29) is 29.4 Å². The molecule has 2 N–H and O–H groups in total. The maximum Gasteiger partial charge on any atom is 0.340 e. The van der Waals surface area contributed by atoms with Crippen molar-refractivity contribution in [3.63, 3.8) is 0 Å². The number of nitrogens with zero attached hydrogens (tertiary/aromatic N) is 2. The zero-order chi connectivity index (χ0) is 31.3. The van der Waals surface area contributed by atoms with Gasteiger partial charge in [-0.2, -0.15) is 0 Å². The van der Waals surface area contributed by atoms with Crippen LogP contribution in [-0.2, 0) is 46.0 Å². The monoisotopic (exact) mass is 648 g/mol. The second-order valence-electron chi connectivity index (χ2n) is 12.5. The number of esters is 2. The van der Waals surface area contributed by atoms with Crippen molar-refractivity contribution in [2.75, 3.05) is 13.2 Å². The summed E-state index contributed by atoms with van der Waals surface area (Å²) in [7, 11) is 0. The third-order valence-corrected chi connectivity index (χ3v) is 9.31. The number of carbonyl (C=O) groups excluding carboxylic acids is 2. The van der Waals surface area contributed by atoms with E-state index in [0.717, 1.165) is 49.4 Å². The number of aromatic nitrogens is 4. The Bertz CT molecular complexity index is 1780. The first kappa shape index (κ1) is 31.0. The lowest BCUT2D eigenvalue weighted by Crippen LogP contribution is -2.15. The Morgan fingerprint density at radius 1 is 0.767 bits per heavy atom. The Labute approximate surface area is 261 Å². The number of fused-ring (bicyclic) bond motifs is 8. The van der Waals surface area contributed by atoms with Crippen LogP contribution in [0.4, 0.5) is 0 Å². The van der Waals surface area contributed by atoms with Gasteiger partial charge in [-0.05, 0) is 71.9 Å². The van der Waals surface area contributed by atoms with Crippen molar-refractivity contribution < 1.29 is 19.1 Å². The summed E-state index contributed by atoms with van der Waals surface area (Å²) in [6, 6.07) is 6.08. The molecular formula is C34H41BrN4O4. The van der Waals surface area contributed by atoms with Crippen molar-refractivity contribution in [2.45, 2.75) is 91.9 Å². The van der Waals surface area contributed by atoms with Crippen LogP contribution in [0.2, 0.25) is 0 Å². The summed E-state index contributed by atoms with van der Waals surface area (Å²) in [5.41, 5.74) is 8.76. The molecule has 0 atom stereocenters. The Morgan fingerprint density at radius 3 is 1.91 bits per heavy atom. The number of hydrogen-bond donors (Lipinski definition) is 2. The molecule has 0 amide bonds. The molecular weight excluding hydrogens is 608 g/mol. The quantitative estimate of drug-likeness (QED) is 0.266. The maximum absolute atomic E-state index is 13.4. The molecule has 0 saturated heterocycles. The van der Waals surface area contributed by atoms with Gasteiger partial charge in [0, 0.05) is 51.8 Å². The Hall–Kier alpha value is -3.46. The highest BCUT2D eigenvalue weighted by Crippen LogP contribution is 2.38. The minimum atomic E-state index is -0.361. The van der Waals surface area contributed by atoms with Gasteiger partial charge in [-0.3, -0.25) is 9.97 Å². The zero-order valence-corrected chi connectivity index (χ0v) is 28.0. The van der Waals surface area contributed by atoms with Crippen molar-refractivity contribution in [3.8, 4) is 0 Å². The molecule has 2 aliphatic rings. The van der Waals surface area contributed by atoms with Crippen LogP contribution in [0.3, 0.4) is 0 Å². The molecule has 0 saturated carbocycles. The molecule has 0 unspecified atom stereocenters. The molecule has 0 aliphatic carbocycles. The number of H-pyrrole nitrogens is 2. The number of aromatic amines is 2. The minimum Gasteiger partial charge on any atom is -0.462 e. The number of ether oxygens (including phenoxy) is 2. The second kappa shape index (κ2) is 11.6. The predicted octanol–water partition coefficient (Wildman–Crippen LogP) is 7.60. The van der Waals surface area contributed by atoms with Crippen molar-refractivity contribution in [3.05, 3.63) is 67.7 Å². The lowest BCUT2D eigenvalue weighted by molar-refractivity contribution is 0.0518. The number of hydrogen-bond acceptors (Lipinski definition) is 6. The van der Waals surface area contributed by atoms with Gasteiger partial charge in [0.1, 0.15) is 0 Å². The molecule has 3 aromatic rings. The van der Waals surface area contributed by atoms with Gasteiger partial charge < -0.3 is 19.4 Å². The number of rotatable bonds is 6. The van der Waals surface area contributed by atoms with E-state index in [1.165, 1.54) is 0 Å². The van der Waals surface area contributed by atoms with E-state index in [1.807, 2.05) is 45.9 Å². The highest BCUT2D eigenvalue weighted by Gasteiger charge is 2.33. The van der Waals surface area contributed by atoms with Gasteiger partial charge in [0.25, 0.3) is 0 Å². The first-order valence-corrected chi connectivity index (χ1v) is 16.0. The third-order valence-electron chi connectivity index (χ3n) is 8.45. The van der Waals surface area contributed by atoms with E-state index >= 15 is 0 Å². The summed E-state index contributed by atoms with van der Waals surface area (Å²) in [6.07, 6.45) is 2.61. The molecule has 3 aromatic heterocycles. The van der Waals surface area contributed by atoms with Crippen molar-refractivity contribution >= 4 is 49.9 Å². The standard InChI is InChI=1S/C34H41BrN4O4/c1-9-19-21-14-26-34(7,8)17-24(38-26)29(35)30-28(32(41)43-12-4)20(10-2)22(39-30)15-25-33(5,6)16-18(36-25)13-23(37-21)27(19)31(40)42-11-3/h13-15,37,39H,9-12,16-17H2,1-8H3. The van der Waals surface area contributed by atoms with Gasteiger partial charge >= 0.3 is 11.9 Å². The molecule has 8 nitrogen and oxygen atoms in total. The van der Waals surface area contributed by atoms with Crippen LogP contribution in [0.1, 0.15) is 110 Å². The van der Waals surface area contributed by atoms with E-state index < -0.39 is 0 Å². The molecule has 0 radical (unpaired) electrons. The summed E-state index contributed by atoms with van der Waals surface area (Å²) in [5, 5.41) is 0. The van der Waals surface area contributed by atoms with Gasteiger partial charge in [0.2, 0.25) is 0 Å². The van der Waals surface area contributed by atoms with E-state index in [4.69, 9.17) is 19.4 Å². The highest BCUT2D eigenvalue weighted by atomic mass is 79.9. The van der Waals surface area contributed by atoms with E-state index in [2.05, 4.69) is 53.6 Å². The summed E-state index contributed by atoms with van der Waals surface area (Å²) >= 11 is 3.84. The molecule has 0 fully saturated rings. The molecule has 0 spiro atoms. The molecule has 9 heteroatoms. The molecule has 2 aliphatic heterocycles. The van der Waals surface area contributed by atoms with Gasteiger partial charge in [-0.15, -0.1) is 0 Å².